The predicted octanol–water partition coefficient (Wildman–Crippen LogP) is 3.60. The fourth-order valence-corrected chi connectivity index (χ4v) is 1.87. The first-order valence-corrected chi connectivity index (χ1v) is 6.21. The topological polar surface area (TPSA) is 45.4 Å². The third kappa shape index (κ3) is 3.35. The van der Waals surface area contributed by atoms with Gasteiger partial charge in [0, 0.05) is 6.54 Å². The number of halogens is 1. The van der Waals surface area contributed by atoms with E-state index in [1.54, 1.807) is 12.1 Å². The second-order valence-corrected chi connectivity index (χ2v) is 4.69. The molecule has 4 heteroatoms. The number of aromatic hydroxyl groups is 1. The summed E-state index contributed by atoms with van der Waals surface area (Å²) in [4.78, 5) is 0. The molecule has 0 aliphatic heterocycles. The van der Waals surface area contributed by atoms with Gasteiger partial charge in [0.15, 0.2) is 4.67 Å². The van der Waals surface area contributed by atoms with E-state index < -0.39 is 0 Å². The lowest BCUT2D eigenvalue weighted by Gasteiger charge is -2.11. The summed E-state index contributed by atoms with van der Waals surface area (Å²) in [5, 5.41) is 12.5. The molecule has 0 aliphatic rings. The van der Waals surface area contributed by atoms with E-state index in [1.165, 1.54) is 0 Å². The van der Waals surface area contributed by atoms with Crippen molar-refractivity contribution in [3.05, 3.63) is 52.4 Å². The summed E-state index contributed by atoms with van der Waals surface area (Å²) in [7, 11) is 0. The van der Waals surface area contributed by atoms with Crippen LogP contribution in [0.3, 0.4) is 0 Å². The van der Waals surface area contributed by atoms with Gasteiger partial charge in [0.25, 0.3) is 0 Å². The van der Waals surface area contributed by atoms with Crippen LogP contribution in [0.5, 0.6) is 5.75 Å². The van der Waals surface area contributed by atoms with Crippen molar-refractivity contribution in [3.8, 4) is 5.75 Å². The fraction of sp³-hybridized carbons (Fsp3) is 0.231. The normalized spacial score (nSPS) is 12.6. The average Bonchev–Trinajstić information content (AvgIpc) is 2.75. The molecule has 2 N–H and O–H groups in total. The minimum absolute atomic E-state index is 0.148. The van der Waals surface area contributed by atoms with Crippen molar-refractivity contribution in [2.24, 2.45) is 0 Å². The van der Waals surface area contributed by atoms with E-state index in [-0.39, 0.29) is 11.8 Å². The summed E-state index contributed by atoms with van der Waals surface area (Å²) >= 11 is 3.28. The number of nitrogens with one attached hydrogen (secondary N) is 1. The van der Waals surface area contributed by atoms with Crippen LogP contribution in [0.15, 0.2) is 45.5 Å². The minimum atomic E-state index is 0.148. The molecule has 2 rings (SSSR count). The second-order valence-electron chi connectivity index (χ2n) is 3.91. The van der Waals surface area contributed by atoms with Crippen molar-refractivity contribution in [2.45, 2.75) is 19.5 Å². The Morgan fingerprint density at radius 1 is 1.24 bits per heavy atom. The van der Waals surface area contributed by atoms with Crippen LogP contribution in [0.2, 0.25) is 0 Å². The van der Waals surface area contributed by atoms with Crippen molar-refractivity contribution < 1.29 is 9.52 Å². The van der Waals surface area contributed by atoms with Gasteiger partial charge in [-0.2, -0.15) is 0 Å². The Hall–Kier alpha value is -1.26. The molecule has 1 aromatic carbocycles. The van der Waals surface area contributed by atoms with Gasteiger partial charge in [0.2, 0.25) is 0 Å². The monoisotopic (exact) mass is 295 g/mol. The maximum Gasteiger partial charge on any atom is 0.169 e. The number of hydrogen-bond donors (Lipinski definition) is 2. The Labute approximate surface area is 109 Å². The number of hydrogen-bond acceptors (Lipinski definition) is 3. The van der Waals surface area contributed by atoms with Crippen molar-refractivity contribution in [3.63, 3.8) is 0 Å². The zero-order valence-electron chi connectivity index (χ0n) is 9.48. The Bertz CT molecular complexity index is 478. The third-order valence-corrected chi connectivity index (χ3v) is 3.00. The highest BCUT2D eigenvalue weighted by Crippen LogP contribution is 2.20. The summed E-state index contributed by atoms with van der Waals surface area (Å²) in [5.41, 5.74) is 1.13. The van der Waals surface area contributed by atoms with Crippen molar-refractivity contribution in [1.82, 2.24) is 5.32 Å². The molecule has 0 saturated carbocycles. The van der Waals surface area contributed by atoms with Gasteiger partial charge >= 0.3 is 0 Å². The van der Waals surface area contributed by atoms with Gasteiger partial charge in [-0.25, -0.2) is 0 Å². The molecule has 0 fully saturated rings. The maximum atomic E-state index is 9.17. The van der Waals surface area contributed by atoms with E-state index in [0.29, 0.717) is 0 Å². The largest absolute Gasteiger partial charge is 0.508 e. The SMILES string of the molecule is CC(NCc1ccc(O)cc1)c1ccc(Br)o1. The predicted molar refractivity (Wildman–Crippen MR) is 69.8 cm³/mol. The van der Waals surface area contributed by atoms with E-state index in [2.05, 4.69) is 21.2 Å². The molecule has 1 unspecified atom stereocenters. The Morgan fingerprint density at radius 2 is 1.94 bits per heavy atom. The first-order valence-electron chi connectivity index (χ1n) is 5.41. The molecule has 0 spiro atoms. The van der Waals surface area contributed by atoms with Crippen molar-refractivity contribution in [2.75, 3.05) is 0 Å². The molecule has 3 nitrogen and oxygen atoms in total. The standard InChI is InChI=1S/C13H14BrNO2/c1-9(12-6-7-13(14)17-12)15-8-10-2-4-11(16)5-3-10/h2-7,9,15-16H,8H2,1H3. The highest BCUT2D eigenvalue weighted by atomic mass is 79.9. The van der Waals surface area contributed by atoms with E-state index in [1.807, 2.05) is 31.2 Å². The number of phenolic OH excluding ortho intramolecular Hbond substituents is 1. The first kappa shape index (κ1) is 12.2. The summed E-state index contributed by atoms with van der Waals surface area (Å²) in [6.07, 6.45) is 0. The van der Waals surface area contributed by atoms with E-state index in [0.717, 1.165) is 22.5 Å². The van der Waals surface area contributed by atoms with Crippen LogP contribution in [-0.2, 0) is 6.54 Å². The summed E-state index contributed by atoms with van der Waals surface area (Å²) < 4.78 is 6.21. The Kier molecular flexibility index (Phi) is 3.86. The van der Waals surface area contributed by atoms with Crippen molar-refractivity contribution in [1.29, 1.82) is 0 Å². The number of furan rings is 1. The zero-order valence-corrected chi connectivity index (χ0v) is 11.1. The molecule has 1 aromatic heterocycles. The molecule has 17 heavy (non-hydrogen) atoms. The van der Waals surface area contributed by atoms with Gasteiger partial charge < -0.3 is 14.8 Å². The molecule has 1 heterocycles. The van der Waals surface area contributed by atoms with Crippen LogP contribution in [0, 0.1) is 0 Å². The number of rotatable bonds is 4. The zero-order chi connectivity index (χ0) is 12.3. The van der Waals surface area contributed by atoms with E-state index >= 15 is 0 Å². The van der Waals surface area contributed by atoms with E-state index in [4.69, 9.17) is 4.42 Å². The highest BCUT2D eigenvalue weighted by Gasteiger charge is 2.08. The van der Waals surface area contributed by atoms with Crippen molar-refractivity contribution >= 4 is 15.9 Å². The van der Waals surface area contributed by atoms with Gasteiger partial charge in [-0.1, -0.05) is 12.1 Å². The smallest absolute Gasteiger partial charge is 0.169 e. The Morgan fingerprint density at radius 3 is 2.53 bits per heavy atom. The molecular weight excluding hydrogens is 282 g/mol. The second kappa shape index (κ2) is 5.38. The number of phenols is 1. The molecule has 0 bridgehead atoms. The van der Waals surface area contributed by atoms with Gasteiger partial charge in [0.05, 0.1) is 6.04 Å². The molecule has 0 saturated heterocycles. The lowest BCUT2D eigenvalue weighted by atomic mass is 10.2. The lowest BCUT2D eigenvalue weighted by molar-refractivity contribution is 0.417. The molecule has 0 amide bonds. The van der Waals surface area contributed by atoms with Crippen LogP contribution < -0.4 is 5.32 Å². The molecule has 1 atom stereocenters. The van der Waals surface area contributed by atoms with Gasteiger partial charge in [-0.15, -0.1) is 0 Å². The molecule has 2 aromatic rings. The van der Waals surface area contributed by atoms with Gasteiger partial charge in [-0.3, -0.25) is 0 Å². The summed E-state index contributed by atoms with van der Waals surface area (Å²) in [6.45, 7) is 2.78. The van der Waals surface area contributed by atoms with Gasteiger partial charge in [0.1, 0.15) is 11.5 Å². The van der Waals surface area contributed by atoms with Crippen LogP contribution in [0.4, 0.5) is 0 Å². The van der Waals surface area contributed by atoms with Gasteiger partial charge in [-0.05, 0) is 52.7 Å². The molecule has 0 aliphatic carbocycles. The lowest BCUT2D eigenvalue weighted by Crippen LogP contribution is -2.17. The summed E-state index contributed by atoms with van der Waals surface area (Å²) in [5.74, 6) is 1.19. The highest BCUT2D eigenvalue weighted by molar-refractivity contribution is 9.10. The Balaban J connectivity index is 1.92. The van der Waals surface area contributed by atoms with Crippen LogP contribution in [0.25, 0.3) is 0 Å². The molecule has 90 valence electrons. The minimum Gasteiger partial charge on any atom is -0.508 e. The van der Waals surface area contributed by atoms with Crippen LogP contribution >= 0.6 is 15.9 Å². The number of benzene rings is 1. The maximum absolute atomic E-state index is 9.17. The summed E-state index contributed by atoms with van der Waals surface area (Å²) in [6, 6.07) is 11.1. The average molecular weight is 296 g/mol. The molecule has 0 radical (unpaired) electrons. The van der Waals surface area contributed by atoms with Crippen LogP contribution in [-0.4, -0.2) is 5.11 Å². The third-order valence-electron chi connectivity index (χ3n) is 2.57. The van der Waals surface area contributed by atoms with E-state index in [9.17, 15) is 5.11 Å². The molecular formula is C13H14BrNO2. The first-order chi connectivity index (χ1) is 8.15. The quantitative estimate of drug-likeness (QED) is 0.906. The van der Waals surface area contributed by atoms with Crippen LogP contribution in [0.1, 0.15) is 24.3 Å². The fourth-order valence-electron chi connectivity index (χ4n) is 1.55.